The largest absolute Gasteiger partial charge is 0.489 e. The molecule has 0 spiro atoms. The van der Waals surface area contributed by atoms with Crippen molar-refractivity contribution in [2.45, 2.75) is 31.8 Å². The maximum Gasteiger partial charge on any atom is 0.335 e. The molecule has 2 N–H and O–H groups in total. The van der Waals surface area contributed by atoms with Gasteiger partial charge >= 0.3 is 5.97 Å². The number of ether oxygens (including phenoxy) is 1. The van der Waals surface area contributed by atoms with Crippen LogP contribution in [-0.2, 0) is 6.42 Å². The van der Waals surface area contributed by atoms with Crippen LogP contribution in [0, 0.1) is 6.92 Å². The summed E-state index contributed by atoms with van der Waals surface area (Å²) in [5.41, 5.74) is 4.64. The minimum Gasteiger partial charge on any atom is -0.489 e. The fourth-order valence-corrected chi connectivity index (χ4v) is 5.02. The van der Waals surface area contributed by atoms with Crippen LogP contribution < -0.4 is 10.1 Å². The third-order valence-electron chi connectivity index (χ3n) is 6.80. The smallest absolute Gasteiger partial charge is 0.335 e. The van der Waals surface area contributed by atoms with Gasteiger partial charge in [-0.1, -0.05) is 72.8 Å². The fourth-order valence-electron chi connectivity index (χ4n) is 5.02. The summed E-state index contributed by atoms with van der Waals surface area (Å²) >= 11 is 0. The maximum atomic E-state index is 11.7. The van der Waals surface area contributed by atoms with E-state index in [2.05, 4.69) is 59.9 Å². The van der Waals surface area contributed by atoms with Crippen molar-refractivity contribution in [2.75, 3.05) is 13.1 Å². The molecule has 0 aromatic heterocycles. The van der Waals surface area contributed by atoms with E-state index < -0.39 is 5.97 Å². The van der Waals surface area contributed by atoms with Crippen molar-refractivity contribution in [2.24, 2.45) is 0 Å². The van der Waals surface area contributed by atoms with Crippen LogP contribution in [0.2, 0.25) is 0 Å². The number of hydrogen-bond acceptors (Lipinski definition) is 3. The van der Waals surface area contributed by atoms with Crippen LogP contribution in [0.25, 0.3) is 10.8 Å². The van der Waals surface area contributed by atoms with E-state index in [1.807, 2.05) is 37.3 Å². The molecular weight excluding hydrogens is 458 g/mol. The first-order chi connectivity index (χ1) is 16.6. The van der Waals surface area contributed by atoms with Gasteiger partial charge in [0.1, 0.15) is 11.9 Å². The highest BCUT2D eigenvalue weighted by Gasteiger charge is 2.29. The second-order valence-electron chi connectivity index (χ2n) is 9.04. The predicted molar refractivity (Wildman–Crippen MR) is 143 cm³/mol. The van der Waals surface area contributed by atoms with Crippen molar-refractivity contribution in [3.63, 3.8) is 0 Å². The van der Waals surface area contributed by atoms with Crippen molar-refractivity contribution in [3.8, 4) is 5.75 Å². The summed E-state index contributed by atoms with van der Waals surface area (Å²) in [7, 11) is 0. The van der Waals surface area contributed by atoms with E-state index in [-0.39, 0.29) is 24.4 Å². The van der Waals surface area contributed by atoms with Gasteiger partial charge < -0.3 is 15.2 Å². The van der Waals surface area contributed by atoms with Gasteiger partial charge in [-0.25, -0.2) is 4.79 Å². The lowest BCUT2D eigenvalue weighted by atomic mass is 9.83. The van der Waals surface area contributed by atoms with Crippen molar-refractivity contribution in [3.05, 3.63) is 113 Å². The van der Waals surface area contributed by atoms with Crippen LogP contribution in [0.15, 0.2) is 84.9 Å². The molecule has 0 bridgehead atoms. The van der Waals surface area contributed by atoms with Crippen LogP contribution in [0.4, 0.5) is 0 Å². The van der Waals surface area contributed by atoms with E-state index in [4.69, 9.17) is 4.74 Å². The van der Waals surface area contributed by atoms with Crippen molar-refractivity contribution >= 4 is 29.1 Å². The van der Waals surface area contributed by atoms with Gasteiger partial charge in [-0.3, -0.25) is 0 Å². The quantitative estimate of drug-likeness (QED) is 0.297. The Morgan fingerprint density at radius 2 is 1.77 bits per heavy atom. The van der Waals surface area contributed by atoms with Gasteiger partial charge in [-0.2, -0.15) is 0 Å². The Morgan fingerprint density at radius 3 is 2.63 bits per heavy atom. The Balaban J connectivity index is 0.00000289. The lowest BCUT2D eigenvalue weighted by molar-refractivity contribution is 0.0696. The summed E-state index contributed by atoms with van der Waals surface area (Å²) < 4.78 is 6.33. The Labute approximate surface area is 212 Å². The molecule has 0 radical (unpaired) electrons. The number of carbonyl (C=O) groups is 1. The summed E-state index contributed by atoms with van der Waals surface area (Å²) in [4.78, 5) is 11.7. The van der Waals surface area contributed by atoms with E-state index in [1.165, 1.54) is 16.3 Å². The molecule has 180 valence electrons. The van der Waals surface area contributed by atoms with Crippen LogP contribution in [0.3, 0.4) is 0 Å². The van der Waals surface area contributed by atoms with Crippen molar-refractivity contribution in [1.29, 1.82) is 0 Å². The number of rotatable bonds is 7. The van der Waals surface area contributed by atoms with E-state index in [9.17, 15) is 9.90 Å². The first-order valence-electron chi connectivity index (χ1n) is 11.9. The first kappa shape index (κ1) is 24.8. The summed E-state index contributed by atoms with van der Waals surface area (Å²) in [6.45, 7) is 3.45. The monoisotopic (exact) mass is 487 g/mol. The molecule has 1 aliphatic rings. The molecule has 0 amide bonds. The Bertz CT molecular complexity index is 1330. The molecule has 4 nitrogen and oxygen atoms in total. The lowest BCUT2D eigenvalue weighted by Crippen LogP contribution is -2.36. The normalized spacial score (nSPS) is 16.7. The molecule has 35 heavy (non-hydrogen) atoms. The topological polar surface area (TPSA) is 58.6 Å². The molecule has 1 unspecified atom stereocenters. The average molecular weight is 488 g/mol. The Hall–Kier alpha value is -3.34. The van der Waals surface area contributed by atoms with Crippen LogP contribution in [0.1, 0.15) is 45.0 Å². The summed E-state index contributed by atoms with van der Waals surface area (Å²) in [5.74, 6) is 0.108. The highest BCUT2D eigenvalue weighted by Crippen LogP contribution is 2.40. The Morgan fingerprint density at radius 1 is 1.00 bits per heavy atom. The summed E-state index contributed by atoms with van der Waals surface area (Å²) in [5, 5.41) is 15.8. The van der Waals surface area contributed by atoms with Gasteiger partial charge in [0, 0.05) is 18.0 Å². The SMILES string of the molecule is Cc1ccc(C2C[C@H](CNCCc3cccc4ccccc34)Oc3ccccc32)cc1C(=O)O.Cl. The minimum atomic E-state index is -0.883. The number of benzene rings is 4. The standard InChI is InChI=1S/C30H29NO3.ClH/c1-20-13-14-23(17-27(20)30(32)33)28-18-24(34-29-12-5-4-11-26(28)29)19-31-16-15-22-9-6-8-21-7-2-3-10-25(21)22;/h2-14,17,24,28,31H,15-16,18-19H2,1H3,(H,32,33);1H/t24-,28?;/m1./s1. The number of carboxylic acids is 1. The summed E-state index contributed by atoms with van der Waals surface area (Å²) in [6.07, 6.45) is 1.77. The number of para-hydroxylation sites is 1. The van der Waals surface area contributed by atoms with Crippen LogP contribution >= 0.6 is 12.4 Å². The van der Waals surface area contributed by atoms with Crippen LogP contribution in [-0.4, -0.2) is 30.3 Å². The molecule has 1 heterocycles. The van der Waals surface area contributed by atoms with Crippen molar-refractivity contribution in [1.82, 2.24) is 5.32 Å². The first-order valence-corrected chi connectivity index (χ1v) is 11.9. The van der Waals surface area contributed by atoms with Gasteiger partial charge in [-0.15, -0.1) is 12.4 Å². The minimum absolute atomic E-state index is 0. The maximum absolute atomic E-state index is 11.7. The zero-order valence-corrected chi connectivity index (χ0v) is 20.6. The fraction of sp³-hybridized carbons (Fsp3) is 0.233. The number of carboxylic acid groups (broad SMARTS) is 1. The van der Waals surface area contributed by atoms with Gasteiger partial charge in [0.2, 0.25) is 0 Å². The molecular formula is C30H30ClNO3. The zero-order valence-electron chi connectivity index (χ0n) is 19.7. The molecule has 0 aliphatic carbocycles. The number of aromatic carboxylic acids is 1. The Kier molecular flexibility index (Phi) is 7.74. The number of aryl methyl sites for hydroxylation is 1. The average Bonchev–Trinajstić information content (AvgIpc) is 2.86. The molecule has 5 rings (SSSR count). The van der Waals surface area contributed by atoms with E-state index in [1.54, 1.807) is 0 Å². The van der Waals surface area contributed by atoms with Crippen molar-refractivity contribution < 1.29 is 14.6 Å². The molecule has 0 fully saturated rings. The van der Waals surface area contributed by atoms with Gasteiger partial charge in [-0.05, 0) is 65.9 Å². The molecule has 5 heteroatoms. The highest BCUT2D eigenvalue weighted by molar-refractivity contribution is 5.89. The molecule has 0 saturated heterocycles. The van der Waals surface area contributed by atoms with E-state index in [0.29, 0.717) is 5.56 Å². The third kappa shape index (κ3) is 5.34. The molecule has 1 aliphatic heterocycles. The van der Waals surface area contributed by atoms with Gasteiger partial charge in [0.05, 0.1) is 5.56 Å². The van der Waals surface area contributed by atoms with Gasteiger partial charge in [0.15, 0.2) is 0 Å². The molecule has 4 aromatic rings. The molecule has 4 aromatic carbocycles. The zero-order chi connectivity index (χ0) is 23.5. The third-order valence-corrected chi connectivity index (χ3v) is 6.80. The number of fused-ring (bicyclic) bond motifs is 2. The highest BCUT2D eigenvalue weighted by atomic mass is 35.5. The second kappa shape index (κ2) is 10.9. The molecule has 2 atom stereocenters. The molecule has 0 saturated carbocycles. The number of hydrogen-bond donors (Lipinski definition) is 2. The van der Waals surface area contributed by atoms with E-state index >= 15 is 0 Å². The number of nitrogens with one attached hydrogen (secondary N) is 1. The predicted octanol–water partition coefficient (Wildman–Crippen LogP) is 6.38. The number of halogens is 1. The van der Waals surface area contributed by atoms with Gasteiger partial charge in [0.25, 0.3) is 0 Å². The van der Waals surface area contributed by atoms with Crippen LogP contribution in [0.5, 0.6) is 5.75 Å². The lowest BCUT2D eigenvalue weighted by Gasteiger charge is -2.33. The summed E-state index contributed by atoms with van der Waals surface area (Å²) in [6, 6.07) is 28.9. The second-order valence-corrected chi connectivity index (χ2v) is 9.04. The van der Waals surface area contributed by atoms with E-state index in [0.717, 1.165) is 48.4 Å².